The molecule has 2 saturated carbocycles. The summed E-state index contributed by atoms with van der Waals surface area (Å²) in [6.45, 7) is 0.650. The van der Waals surface area contributed by atoms with E-state index in [1.54, 1.807) is 0 Å². The Morgan fingerprint density at radius 2 is 1.62 bits per heavy atom. The molecule has 358 valence electrons. The summed E-state index contributed by atoms with van der Waals surface area (Å²) in [6.07, 6.45) is -5.60. The first-order valence-electron chi connectivity index (χ1n) is 21.2. The van der Waals surface area contributed by atoms with Crippen LogP contribution < -0.4 is 10.0 Å². The third-order valence-corrected chi connectivity index (χ3v) is 17.4. The summed E-state index contributed by atoms with van der Waals surface area (Å²) in [5, 5.41) is 8.96. The topological polar surface area (TPSA) is 158 Å². The lowest BCUT2D eigenvalue weighted by Gasteiger charge is -2.24. The second-order valence-electron chi connectivity index (χ2n) is 17.7. The van der Waals surface area contributed by atoms with Crippen LogP contribution in [0.5, 0.6) is 0 Å². The van der Waals surface area contributed by atoms with Crippen molar-refractivity contribution in [1.29, 1.82) is 0 Å². The molecule has 23 heteroatoms. The van der Waals surface area contributed by atoms with Gasteiger partial charge in [-0.3, -0.25) is 18.9 Å². The molecular formula is C45H38ClF8N7O5S2. The maximum Gasteiger partial charge on any atom is 0.294 e. The lowest BCUT2D eigenvalue weighted by Crippen LogP contribution is -2.35. The predicted molar refractivity (Wildman–Crippen MR) is 233 cm³/mol. The van der Waals surface area contributed by atoms with Crippen LogP contribution in [0, 0.1) is 41.2 Å². The van der Waals surface area contributed by atoms with E-state index in [9.17, 15) is 48.0 Å². The Labute approximate surface area is 389 Å². The minimum Gasteiger partial charge on any atom is -0.346 e. The maximum absolute atomic E-state index is 16.0. The molecule has 0 saturated heterocycles. The predicted octanol–water partition coefficient (Wildman–Crippen LogP) is 8.35. The van der Waals surface area contributed by atoms with Crippen molar-refractivity contribution >= 4 is 54.1 Å². The van der Waals surface area contributed by atoms with Crippen LogP contribution >= 0.6 is 11.6 Å². The Balaban J connectivity index is 1.22. The largest absolute Gasteiger partial charge is 0.346 e. The summed E-state index contributed by atoms with van der Waals surface area (Å²) in [7, 11) is -7.81. The summed E-state index contributed by atoms with van der Waals surface area (Å²) < 4.78 is 174. The minimum atomic E-state index is -4.05. The third kappa shape index (κ3) is 8.68. The highest BCUT2D eigenvalue weighted by Gasteiger charge is 2.59. The van der Waals surface area contributed by atoms with Gasteiger partial charge < -0.3 is 5.32 Å². The van der Waals surface area contributed by atoms with Crippen molar-refractivity contribution in [3.05, 3.63) is 93.0 Å². The molecule has 4 aliphatic carbocycles. The van der Waals surface area contributed by atoms with Crippen molar-refractivity contribution in [2.45, 2.75) is 111 Å². The molecule has 3 heterocycles. The van der Waals surface area contributed by atoms with Gasteiger partial charge in [0.2, 0.25) is 15.9 Å². The van der Waals surface area contributed by atoms with Crippen LogP contribution in [-0.2, 0) is 50.1 Å². The van der Waals surface area contributed by atoms with Crippen LogP contribution in [0.15, 0.2) is 42.5 Å². The van der Waals surface area contributed by atoms with Gasteiger partial charge in [0.25, 0.3) is 18.8 Å². The number of rotatable bonds is 15. The van der Waals surface area contributed by atoms with Gasteiger partial charge in [-0.25, -0.2) is 48.2 Å². The van der Waals surface area contributed by atoms with Gasteiger partial charge in [0.05, 0.1) is 50.0 Å². The zero-order valence-electron chi connectivity index (χ0n) is 35.7. The van der Waals surface area contributed by atoms with Crippen LogP contribution in [0.1, 0.15) is 98.2 Å². The number of aromatic nitrogens is 5. The van der Waals surface area contributed by atoms with Gasteiger partial charge in [0, 0.05) is 29.2 Å². The average Bonchev–Trinajstić information content (AvgIpc) is 4.16. The number of nitrogens with zero attached hydrogens (tertiary/aromatic N) is 5. The smallest absolute Gasteiger partial charge is 0.294 e. The second kappa shape index (κ2) is 17.1. The van der Waals surface area contributed by atoms with Crippen molar-refractivity contribution in [2.24, 2.45) is 5.92 Å². The zero-order valence-corrected chi connectivity index (χ0v) is 38.1. The summed E-state index contributed by atoms with van der Waals surface area (Å²) in [5.74, 6) is 0.536. The van der Waals surface area contributed by atoms with E-state index < -0.39 is 126 Å². The van der Waals surface area contributed by atoms with Crippen LogP contribution in [0.3, 0.4) is 0 Å². The Morgan fingerprint density at radius 3 is 2.26 bits per heavy atom. The summed E-state index contributed by atoms with van der Waals surface area (Å²) in [6, 6.07) is 6.30. The first-order valence-corrected chi connectivity index (χ1v) is 24.7. The highest BCUT2D eigenvalue weighted by atomic mass is 35.5. The number of hydrogen-bond acceptors (Lipinski definition) is 8. The van der Waals surface area contributed by atoms with E-state index in [4.69, 9.17) is 16.6 Å². The van der Waals surface area contributed by atoms with E-state index in [2.05, 4.69) is 43.9 Å². The number of amides is 1. The lowest BCUT2D eigenvalue weighted by molar-refractivity contribution is -0.123. The number of benzene rings is 2. The molecule has 3 aromatic heterocycles. The summed E-state index contributed by atoms with van der Waals surface area (Å²) >= 11 is 6.66. The Bertz CT molecular complexity index is 3260. The molecule has 12 nitrogen and oxygen atoms in total. The number of sulfone groups is 1. The molecule has 0 unspecified atom stereocenters. The molecule has 2 N–H and O–H groups in total. The van der Waals surface area contributed by atoms with E-state index in [0.29, 0.717) is 36.4 Å². The second-order valence-corrected chi connectivity index (χ2v) is 22.8. The zero-order chi connectivity index (χ0) is 48.8. The molecule has 0 aliphatic heterocycles. The van der Waals surface area contributed by atoms with Crippen LogP contribution in [0.25, 0.3) is 22.0 Å². The first-order chi connectivity index (χ1) is 32.0. The Kier molecular flexibility index (Phi) is 11.9. The van der Waals surface area contributed by atoms with E-state index in [1.807, 2.05) is 0 Å². The Hall–Kier alpha value is -5.71. The quantitative estimate of drug-likeness (QED) is 0.0783. The molecule has 0 radical (unpaired) electrons. The molecular weight excluding hydrogens is 970 g/mol. The molecule has 0 spiro atoms. The molecule has 9 rings (SSSR count). The van der Waals surface area contributed by atoms with Gasteiger partial charge in [0.1, 0.15) is 46.6 Å². The van der Waals surface area contributed by atoms with Crippen molar-refractivity contribution in [2.75, 3.05) is 4.72 Å². The fraction of sp³-hybridized carbons (Fsp3) is 0.422. The van der Waals surface area contributed by atoms with Gasteiger partial charge in [-0.05, 0) is 87.8 Å². The van der Waals surface area contributed by atoms with Crippen LogP contribution in [-0.4, -0.2) is 69.0 Å². The molecule has 5 aromatic rings. The number of anilines is 1. The van der Waals surface area contributed by atoms with Gasteiger partial charge >= 0.3 is 0 Å². The summed E-state index contributed by atoms with van der Waals surface area (Å²) in [5.41, 5.74) is -2.93. The number of alkyl halides is 6. The monoisotopic (exact) mass is 1010 g/mol. The van der Waals surface area contributed by atoms with E-state index >= 15 is 8.78 Å². The van der Waals surface area contributed by atoms with E-state index in [1.165, 1.54) is 38.1 Å². The number of nitrogens with one attached hydrogen (secondary N) is 2. The minimum absolute atomic E-state index is 0.00540. The normalized spacial score (nSPS) is 19.1. The van der Waals surface area contributed by atoms with Crippen molar-refractivity contribution in [3.63, 3.8) is 0 Å². The van der Waals surface area contributed by atoms with Crippen molar-refractivity contribution < 1.29 is 56.8 Å². The fourth-order valence-corrected chi connectivity index (χ4v) is 12.2. The van der Waals surface area contributed by atoms with E-state index in [-0.39, 0.29) is 56.2 Å². The SMILES string of the molecule is CC(C)(C#Cc1ccc(-c2ccc(Cl)c3c(NS(=O)(=O)C4CC4)nn(CC(F)F)c23)c([C@H](Cc2cc(F)cc(F)c2)NC(=O)Cn2nc(C(F)F)c3c2C(F)(F)[C@@H]2CC#C[C@H]32)n1)S(=O)(=O)C1CC1. The van der Waals surface area contributed by atoms with Crippen molar-refractivity contribution in [3.8, 4) is 34.8 Å². The maximum atomic E-state index is 16.0. The number of halogens is 9. The molecule has 3 atom stereocenters. The molecule has 4 aliphatic rings. The molecule has 2 aromatic carbocycles. The van der Waals surface area contributed by atoms with Gasteiger partial charge in [-0.1, -0.05) is 29.5 Å². The van der Waals surface area contributed by atoms with Crippen LogP contribution in [0.4, 0.5) is 40.9 Å². The Morgan fingerprint density at radius 1 is 0.941 bits per heavy atom. The number of pyridine rings is 1. The standard InChI is InChI=1S/C45H38ClF8N7O5S2/c1-44(2,67(63,64)26-7-8-26)15-14-25-6-11-28(29-12-13-32(46)37-40(29)60(20-34(49)50)58-43(37)59-68(65,66)27-9-10-27)38(55-25)33(18-22-16-23(47)19-24(48)17-22)56-35(62)21-61-41-36(39(57-61)42(51)52)30-4-3-5-31(30)45(41,53)54/h6,11-13,16-17,19,26-27,30-31,33-34,42H,5,7-10,18,20-21H2,1-2H3,(H,56,62)(H,58,59)/t30-,31+,33-/m0/s1. The van der Waals surface area contributed by atoms with Gasteiger partial charge in [-0.2, -0.15) is 19.0 Å². The average molecular weight is 1010 g/mol. The van der Waals surface area contributed by atoms with Crippen molar-refractivity contribution in [1.82, 2.24) is 29.9 Å². The highest BCUT2D eigenvalue weighted by Crippen LogP contribution is 2.57. The molecule has 68 heavy (non-hydrogen) atoms. The van der Waals surface area contributed by atoms with Gasteiger partial charge in [0.15, 0.2) is 15.7 Å². The summed E-state index contributed by atoms with van der Waals surface area (Å²) in [4.78, 5) is 19.0. The van der Waals surface area contributed by atoms with Crippen LogP contribution in [0.2, 0.25) is 5.02 Å². The lowest BCUT2D eigenvalue weighted by atomic mass is 9.93. The number of sulfonamides is 1. The van der Waals surface area contributed by atoms with Gasteiger partial charge in [-0.15, -0.1) is 5.92 Å². The highest BCUT2D eigenvalue weighted by molar-refractivity contribution is 7.94. The molecule has 0 bridgehead atoms. The molecule has 1 amide bonds. The number of hydrogen-bond donors (Lipinski definition) is 2. The first kappa shape index (κ1) is 47.4. The third-order valence-electron chi connectivity index (χ3n) is 12.4. The number of carbonyl (C=O) groups excluding carboxylic acids is 1. The van der Waals surface area contributed by atoms with E-state index in [0.717, 1.165) is 16.8 Å². The fourth-order valence-electron chi connectivity index (χ4n) is 8.82. The number of fused-ring (bicyclic) bond motifs is 4. The number of carbonyl (C=O) groups is 1. The molecule has 2 fully saturated rings.